The average Bonchev–Trinajstić information content (AvgIpc) is 4.51. The van der Waals surface area contributed by atoms with Crippen LogP contribution in [0.25, 0.3) is 0 Å². The van der Waals surface area contributed by atoms with Crippen LogP contribution in [0.4, 0.5) is 0 Å². The van der Waals surface area contributed by atoms with E-state index in [1.165, 1.54) is 42.4 Å². The van der Waals surface area contributed by atoms with Gasteiger partial charge in [0.1, 0.15) is 82.6 Å². The molecule has 0 saturated carbocycles. The SMILES string of the molecule is CC.CC.CC.CC.CC.CC.CC.Cc1ccn[nH]1.Cc1cn[nH]c1.Cc1ncn[nH]1.Cc1ncn[nH]1.Cc1ncn[nH]1.Cc1nnc(C)o1.Cc1nnc(C)s1.Cc1noc(C)n1.Cc1noc(C)n1.Cc1nsc(C)n1.Cn1cncn1.Cn1cnnc1. The highest BCUT2D eigenvalue weighted by molar-refractivity contribution is 7.11. The second-order valence-electron chi connectivity index (χ2n) is 14.7. The highest BCUT2D eigenvalue weighted by atomic mass is 32.1. The predicted molar refractivity (Wildman–Crippen MR) is 362 cm³/mol. The first-order valence-corrected chi connectivity index (χ1v) is 31.1. The number of rotatable bonds is 0. The van der Waals surface area contributed by atoms with E-state index in [9.17, 15) is 0 Å². The lowest BCUT2D eigenvalue weighted by atomic mass is 10.4. The standard InChI is InChI=1S/3C4H6N2O.2C4H6N2S.2C4H6N2.5C3H5N3.7C2H6/c1-3-5-6-4(2)7-3;2*1-3-5-4(2)7-6-3;1-3-5-6-4(2)7-3;1-3-5-4(2)7-6-3;1-4-2-5-6-3-4;1-4-2-3-5-6-4;1-6-2-4-5-3-6;1-6-3-4-2-5-6;3*1-3-4-2-5-6-3;7*1-2/h5*1-2H3;2*2-3H,1H3,(H,5,6);2*2-3H,1H3;3*2H,1H3,(H,4,5,6);7*1-2H3. The number of H-pyrrole nitrogens is 5. The van der Waals surface area contributed by atoms with E-state index in [1.807, 2.05) is 186 Å². The van der Waals surface area contributed by atoms with Crippen LogP contribution in [0, 0.1) is 104 Å². The van der Waals surface area contributed by atoms with Crippen LogP contribution in [0.5, 0.6) is 0 Å². The van der Waals surface area contributed by atoms with Gasteiger partial charge in [0.15, 0.2) is 11.6 Å². The van der Waals surface area contributed by atoms with E-state index in [4.69, 9.17) is 4.42 Å². The van der Waals surface area contributed by atoms with Crippen molar-refractivity contribution in [3.63, 3.8) is 0 Å². The lowest BCUT2D eigenvalue weighted by molar-refractivity contribution is 0.389. The summed E-state index contributed by atoms with van der Waals surface area (Å²) >= 11 is 3.06. The molecule has 12 aromatic heterocycles. The Hall–Kier alpha value is -9.34. The van der Waals surface area contributed by atoms with Gasteiger partial charge in [-0.15, -0.1) is 41.9 Å². The Labute approximate surface area is 548 Å². The van der Waals surface area contributed by atoms with Crippen LogP contribution >= 0.6 is 22.9 Å². The monoisotopic (exact) mass is 1310 g/mol. The van der Waals surface area contributed by atoms with Crippen LogP contribution in [0.1, 0.15) is 182 Å². The van der Waals surface area contributed by atoms with Gasteiger partial charge >= 0.3 is 0 Å². The van der Waals surface area contributed by atoms with Crippen molar-refractivity contribution in [2.75, 3.05) is 0 Å². The van der Waals surface area contributed by atoms with Gasteiger partial charge < -0.3 is 18.0 Å². The van der Waals surface area contributed by atoms with Crippen molar-refractivity contribution < 1.29 is 13.5 Å². The zero-order chi connectivity index (χ0) is 71.2. The van der Waals surface area contributed by atoms with Crippen LogP contribution in [-0.4, -0.2) is 146 Å². The molecule has 12 aromatic rings. The second kappa shape index (κ2) is 71.4. The molecule has 0 aliphatic carbocycles. The van der Waals surface area contributed by atoms with Gasteiger partial charge in [-0.1, -0.05) is 107 Å². The molecule has 91 heavy (non-hydrogen) atoms. The van der Waals surface area contributed by atoms with Gasteiger partial charge in [0, 0.05) is 59.9 Å². The molecule has 0 spiro atoms. The van der Waals surface area contributed by atoms with Gasteiger partial charge in [0.2, 0.25) is 23.6 Å². The van der Waals surface area contributed by atoms with Gasteiger partial charge in [0.25, 0.3) is 0 Å². The van der Waals surface area contributed by atoms with E-state index in [0.717, 1.165) is 44.0 Å². The molecule has 0 radical (unpaired) electrons. The Morgan fingerprint density at radius 2 is 0.868 bits per heavy atom. The number of hydrogen-bond donors (Lipinski definition) is 5. The Morgan fingerprint density at radius 1 is 0.440 bits per heavy atom. The quantitative estimate of drug-likeness (QED) is 0.0941. The molecule has 5 N–H and O–H groups in total. The zero-order valence-corrected chi connectivity index (χ0v) is 61.8. The second-order valence-corrected chi connectivity index (χ2v) is 17.0. The summed E-state index contributed by atoms with van der Waals surface area (Å²) in [6.07, 6.45) is 16.2. The lowest BCUT2D eigenvalue weighted by Crippen LogP contribution is -1.83. The first-order valence-electron chi connectivity index (χ1n) is 29.5. The molecule has 0 aromatic carbocycles. The topological polar surface area (TPSA) is 412 Å². The smallest absolute Gasteiger partial charge is 0.223 e. The highest BCUT2D eigenvalue weighted by Gasteiger charge is 1.92. The first-order chi connectivity index (χ1) is 43.7. The molecule has 0 saturated heterocycles. The van der Waals surface area contributed by atoms with Crippen molar-refractivity contribution in [2.45, 2.75) is 201 Å². The average molecular weight is 1310 g/mol. The molecule has 0 unspecified atom stereocenters. The van der Waals surface area contributed by atoms with Crippen molar-refractivity contribution >= 4 is 22.9 Å². The van der Waals surface area contributed by atoms with E-state index in [2.05, 4.69) is 145 Å². The van der Waals surface area contributed by atoms with Crippen molar-refractivity contribution in [3.8, 4) is 0 Å². The van der Waals surface area contributed by atoms with Crippen LogP contribution in [0.2, 0.25) is 0 Å². The molecule has 0 atom stereocenters. The van der Waals surface area contributed by atoms with Gasteiger partial charge in [-0.05, 0) is 99.3 Å². The molecule has 512 valence electrons. The molecular formula is C57H109N29O3S2. The van der Waals surface area contributed by atoms with Gasteiger partial charge in [-0.2, -0.15) is 44.9 Å². The fourth-order valence-corrected chi connectivity index (χ4v) is 5.02. The summed E-state index contributed by atoms with van der Waals surface area (Å²) in [4.78, 5) is 26.6. The number of aryl methyl sites for hydroxylation is 17. The first kappa shape index (κ1) is 95.3. The maximum Gasteiger partial charge on any atom is 0.223 e. The molecule has 0 amide bonds. The fraction of sp³-hybridized carbons (Fsp3) is 0.544. The fourth-order valence-electron chi connectivity index (χ4n) is 3.95. The Balaban J connectivity index is -0.000000166. The molecule has 34 heteroatoms. The third-order valence-corrected chi connectivity index (χ3v) is 8.56. The van der Waals surface area contributed by atoms with Crippen LogP contribution < -0.4 is 0 Å². The van der Waals surface area contributed by atoms with Crippen molar-refractivity contribution in [3.05, 3.63) is 154 Å². The highest BCUT2D eigenvalue weighted by Crippen LogP contribution is 2.04. The third kappa shape index (κ3) is 69.6. The predicted octanol–water partition coefficient (Wildman–Crippen LogP) is 13.0. The van der Waals surface area contributed by atoms with Crippen LogP contribution in [0.3, 0.4) is 0 Å². The van der Waals surface area contributed by atoms with E-state index in [0.29, 0.717) is 35.2 Å². The number of aromatic nitrogens is 29. The molecule has 12 heterocycles. The number of hydrogen-bond acceptors (Lipinski definition) is 27. The molecule has 0 fully saturated rings. The summed E-state index contributed by atoms with van der Waals surface area (Å²) in [5.41, 5.74) is 2.28. The number of nitrogens with one attached hydrogen (secondary N) is 5. The minimum atomic E-state index is 0.623. The maximum atomic E-state index is 4.86. The Kier molecular flexibility index (Phi) is 74.8. The van der Waals surface area contributed by atoms with E-state index in [1.54, 1.807) is 93.5 Å². The zero-order valence-electron chi connectivity index (χ0n) is 60.1. The minimum absolute atomic E-state index is 0.623. The molecular weight excluding hydrogens is 1200 g/mol. The normalized spacial score (nSPS) is 8.16. The molecule has 0 aliphatic heterocycles. The molecule has 32 nitrogen and oxygen atoms in total. The van der Waals surface area contributed by atoms with E-state index in [-0.39, 0.29) is 0 Å². The van der Waals surface area contributed by atoms with Gasteiger partial charge in [-0.25, -0.2) is 24.9 Å². The Bertz CT molecular complexity index is 2450. The van der Waals surface area contributed by atoms with Crippen LogP contribution in [0.15, 0.2) is 82.4 Å². The van der Waals surface area contributed by atoms with Gasteiger partial charge in [0.05, 0.1) is 6.20 Å². The molecule has 12 rings (SSSR count). The third-order valence-electron chi connectivity index (χ3n) is 7.09. The largest absolute Gasteiger partial charge is 0.426 e. The van der Waals surface area contributed by atoms with E-state index >= 15 is 0 Å². The summed E-state index contributed by atoms with van der Waals surface area (Å²) in [7, 11) is 3.70. The molecule has 0 aliphatic rings. The maximum absolute atomic E-state index is 4.86. The van der Waals surface area contributed by atoms with E-state index < -0.39 is 0 Å². The summed E-state index contributed by atoms with van der Waals surface area (Å²) < 4.78 is 21.4. The Morgan fingerprint density at radius 3 is 0.967 bits per heavy atom. The minimum Gasteiger partial charge on any atom is -0.426 e. The molecule has 0 bridgehead atoms. The summed E-state index contributed by atoms with van der Waals surface area (Å²) in [6, 6.07) is 1.92. The summed E-state index contributed by atoms with van der Waals surface area (Å²) in [5.74, 6) is 7.32. The number of nitrogens with zero attached hydrogens (tertiary/aromatic N) is 24. The van der Waals surface area contributed by atoms with Gasteiger partial charge in [-0.3, -0.25) is 30.2 Å². The van der Waals surface area contributed by atoms with Crippen molar-refractivity contribution in [1.29, 1.82) is 0 Å². The van der Waals surface area contributed by atoms with Crippen LogP contribution in [-0.2, 0) is 14.1 Å². The number of aromatic amines is 5. The van der Waals surface area contributed by atoms with Crippen molar-refractivity contribution in [2.24, 2.45) is 14.1 Å². The lowest BCUT2D eigenvalue weighted by Gasteiger charge is -1.74. The summed E-state index contributed by atoms with van der Waals surface area (Å²) in [6.45, 7) is 55.9. The summed E-state index contributed by atoms with van der Waals surface area (Å²) in [5, 5.41) is 67.2. The van der Waals surface area contributed by atoms with Crippen molar-refractivity contribution in [1.82, 2.24) is 146 Å².